The molecule has 5 nitrogen and oxygen atoms in total. The van der Waals surface area contributed by atoms with Gasteiger partial charge >= 0.3 is 0 Å². The molecule has 0 atom stereocenters. The minimum absolute atomic E-state index is 0.234. The van der Waals surface area contributed by atoms with Crippen molar-refractivity contribution in [3.8, 4) is 0 Å². The van der Waals surface area contributed by atoms with Crippen LogP contribution < -0.4 is 9.62 Å². The highest BCUT2D eigenvalue weighted by molar-refractivity contribution is 7.92. The number of benzene rings is 2. The molecule has 3 aromatic rings. The fourth-order valence-electron chi connectivity index (χ4n) is 2.43. The van der Waals surface area contributed by atoms with E-state index in [-0.39, 0.29) is 4.90 Å². The van der Waals surface area contributed by atoms with E-state index >= 15 is 0 Å². The van der Waals surface area contributed by atoms with Gasteiger partial charge in [0.05, 0.1) is 16.8 Å². The first-order chi connectivity index (χ1) is 12.0. The number of nitrogens with zero attached hydrogens (tertiary/aromatic N) is 2. The summed E-state index contributed by atoms with van der Waals surface area (Å²) in [6.07, 6.45) is 1.52. The normalized spacial score (nSPS) is 11.1. The minimum Gasteiger partial charge on any atom is -0.329 e. The first kappa shape index (κ1) is 17.0. The maximum atomic E-state index is 12.4. The van der Waals surface area contributed by atoms with E-state index in [0.29, 0.717) is 5.69 Å². The molecular formula is C19H19N3O2S. The summed E-state index contributed by atoms with van der Waals surface area (Å²) in [7, 11) is -1.71. The van der Waals surface area contributed by atoms with Crippen LogP contribution in [0.5, 0.6) is 0 Å². The Morgan fingerprint density at radius 2 is 1.72 bits per heavy atom. The molecule has 0 amide bonds. The van der Waals surface area contributed by atoms with Crippen molar-refractivity contribution in [1.82, 2.24) is 4.98 Å². The molecule has 6 heteroatoms. The zero-order chi connectivity index (χ0) is 17.9. The Kier molecular flexibility index (Phi) is 4.72. The van der Waals surface area contributed by atoms with E-state index in [1.807, 2.05) is 55.3 Å². The number of para-hydroxylation sites is 1. The Balaban J connectivity index is 1.79. The molecule has 0 bridgehead atoms. The van der Waals surface area contributed by atoms with Crippen molar-refractivity contribution >= 4 is 27.2 Å². The van der Waals surface area contributed by atoms with Crippen molar-refractivity contribution in [2.75, 3.05) is 16.7 Å². The number of rotatable bonds is 5. The van der Waals surface area contributed by atoms with Gasteiger partial charge in [-0.3, -0.25) is 4.72 Å². The molecule has 0 aliphatic rings. The summed E-state index contributed by atoms with van der Waals surface area (Å²) in [5, 5.41) is 0. The lowest BCUT2D eigenvalue weighted by molar-refractivity contribution is 0.601. The Bertz CT molecular complexity index is 955. The predicted octanol–water partition coefficient (Wildman–Crippen LogP) is 3.96. The molecule has 1 aromatic heterocycles. The Morgan fingerprint density at radius 1 is 0.960 bits per heavy atom. The van der Waals surface area contributed by atoms with E-state index in [2.05, 4.69) is 9.71 Å². The van der Waals surface area contributed by atoms with Crippen LogP contribution in [0.1, 0.15) is 5.56 Å². The zero-order valence-electron chi connectivity index (χ0n) is 14.0. The molecule has 25 heavy (non-hydrogen) atoms. The summed E-state index contributed by atoms with van der Waals surface area (Å²) in [5.74, 6) is 0.727. The van der Waals surface area contributed by atoms with Crippen LogP contribution in [-0.4, -0.2) is 20.4 Å². The van der Waals surface area contributed by atoms with Crippen LogP contribution in [0, 0.1) is 6.92 Å². The monoisotopic (exact) mass is 353 g/mol. The van der Waals surface area contributed by atoms with Crippen molar-refractivity contribution in [2.45, 2.75) is 11.8 Å². The van der Waals surface area contributed by atoms with Gasteiger partial charge in [0.15, 0.2) is 0 Å². The van der Waals surface area contributed by atoms with Gasteiger partial charge in [-0.2, -0.15) is 0 Å². The lowest BCUT2D eigenvalue weighted by Crippen LogP contribution is -2.14. The molecule has 2 aromatic carbocycles. The molecular weight excluding hydrogens is 334 g/mol. The van der Waals surface area contributed by atoms with Gasteiger partial charge < -0.3 is 4.90 Å². The number of hydrogen-bond acceptors (Lipinski definition) is 4. The minimum atomic E-state index is -3.62. The molecule has 1 heterocycles. The highest BCUT2D eigenvalue weighted by Gasteiger charge is 2.14. The standard InChI is InChI=1S/C19H19N3O2S/c1-15-7-6-10-18(13-15)25(23,24)21-16-11-12-19(20-14-16)22(2)17-8-4-3-5-9-17/h3-14,21H,1-2H3. The van der Waals surface area contributed by atoms with E-state index in [0.717, 1.165) is 17.1 Å². The second-order valence-electron chi connectivity index (χ2n) is 5.72. The fourth-order valence-corrected chi connectivity index (χ4v) is 3.57. The molecule has 0 saturated carbocycles. The number of pyridine rings is 1. The van der Waals surface area contributed by atoms with Gasteiger partial charge in [-0.1, -0.05) is 30.3 Å². The van der Waals surface area contributed by atoms with Gasteiger partial charge in [0, 0.05) is 12.7 Å². The molecule has 0 saturated heterocycles. The van der Waals surface area contributed by atoms with E-state index in [1.54, 1.807) is 30.3 Å². The molecule has 0 spiro atoms. The number of sulfonamides is 1. The van der Waals surface area contributed by atoms with E-state index in [1.165, 1.54) is 6.20 Å². The topological polar surface area (TPSA) is 62.3 Å². The van der Waals surface area contributed by atoms with Crippen molar-refractivity contribution in [3.63, 3.8) is 0 Å². The molecule has 0 unspecified atom stereocenters. The number of hydrogen-bond donors (Lipinski definition) is 1. The summed E-state index contributed by atoms with van der Waals surface area (Å²) >= 11 is 0. The van der Waals surface area contributed by atoms with E-state index in [9.17, 15) is 8.42 Å². The van der Waals surface area contributed by atoms with Crippen LogP contribution in [0.2, 0.25) is 0 Å². The SMILES string of the molecule is Cc1cccc(S(=O)(=O)Nc2ccc(N(C)c3ccccc3)nc2)c1. The number of aryl methyl sites for hydroxylation is 1. The Hall–Kier alpha value is -2.86. The third kappa shape index (κ3) is 3.97. The van der Waals surface area contributed by atoms with Gasteiger partial charge in [-0.15, -0.1) is 0 Å². The predicted molar refractivity (Wildman–Crippen MR) is 101 cm³/mol. The Labute approximate surface area is 148 Å². The maximum Gasteiger partial charge on any atom is 0.261 e. The highest BCUT2D eigenvalue weighted by atomic mass is 32.2. The summed E-state index contributed by atoms with van der Waals surface area (Å²) < 4.78 is 27.4. The molecule has 0 aliphatic heterocycles. The summed E-state index contributed by atoms with van der Waals surface area (Å²) in [6, 6.07) is 20.1. The largest absolute Gasteiger partial charge is 0.329 e. The molecule has 0 fully saturated rings. The quantitative estimate of drug-likeness (QED) is 0.754. The Morgan fingerprint density at radius 3 is 2.36 bits per heavy atom. The highest BCUT2D eigenvalue weighted by Crippen LogP contribution is 2.23. The zero-order valence-corrected chi connectivity index (χ0v) is 14.9. The average molecular weight is 353 g/mol. The first-order valence-corrected chi connectivity index (χ1v) is 9.28. The van der Waals surface area contributed by atoms with Crippen LogP contribution in [-0.2, 0) is 10.0 Å². The number of aromatic nitrogens is 1. The average Bonchev–Trinajstić information content (AvgIpc) is 2.62. The van der Waals surface area contributed by atoms with Crippen LogP contribution in [0.4, 0.5) is 17.2 Å². The lowest BCUT2D eigenvalue weighted by Gasteiger charge is -2.18. The van der Waals surface area contributed by atoms with Crippen LogP contribution >= 0.6 is 0 Å². The third-order valence-electron chi connectivity index (χ3n) is 3.79. The third-order valence-corrected chi connectivity index (χ3v) is 5.17. The molecule has 0 aliphatic carbocycles. The van der Waals surface area contributed by atoms with Crippen LogP contribution in [0.25, 0.3) is 0 Å². The van der Waals surface area contributed by atoms with E-state index in [4.69, 9.17) is 0 Å². The van der Waals surface area contributed by atoms with Crippen LogP contribution in [0.3, 0.4) is 0 Å². The second-order valence-corrected chi connectivity index (χ2v) is 7.40. The summed E-state index contributed by atoms with van der Waals surface area (Å²) in [5.41, 5.74) is 2.32. The van der Waals surface area contributed by atoms with E-state index < -0.39 is 10.0 Å². The van der Waals surface area contributed by atoms with Gasteiger partial charge in [-0.25, -0.2) is 13.4 Å². The van der Waals surface area contributed by atoms with Crippen molar-refractivity contribution in [1.29, 1.82) is 0 Å². The van der Waals surface area contributed by atoms with Gasteiger partial charge in [-0.05, 0) is 48.9 Å². The molecule has 3 rings (SSSR count). The molecule has 128 valence electrons. The second kappa shape index (κ2) is 6.94. The maximum absolute atomic E-state index is 12.4. The first-order valence-electron chi connectivity index (χ1n) is 7.80. The fraction of sp³-hybridized carbons (Fsp3) is 0.105. The van der Waals surface area contributed by atoms with Gasteiger partial charge in [0.25, 0.3) is 10.0 Å². The smallest absolute Gasteiger partial charge is 0.261 e. The number of nitrogens with one attached hydrogen (secondary N) is 1. The van der Waals surface area contributed by atoms with Gasteiger partial charge in [0.2, 0.25) is 0 Å². The van der Waals surface area contributed by atoms with Crippen molar-refractivity contribution in [2.24, 2.45) is 0 Å². The van der Waals surface area contributed by atoms with Gasteiger partial charge in [0.1, 0.15) is 5.82 Å². The van der Waals surface area contributed by atoms with Crippen LogP contribution in [0.15, 0.2) is 77.8 Å². The van der Waals surface area contributed by atoms with Crippen molar-refractivity contribution < 1.29 is 8.42 Å². The van der Waals surface area contributed by atoms with Crippen molar-refractivity contribution in [3.05, 3.63) is 78.5 Å². The summed E-state index contributed by atoms with van der Waals surface area (Å²) in [4.78, 5) is 6.51. The number of anilines is 3. The lowest BCUT2D eigenvalue weighted by atomic mass is 10.2. The molecule has 0 radical (unpaired) electrons. The molecule has 1 N–H and O–H groups in total. The summed E-state index contributed by atoms with van der Waals surface area (Å²) in [6.45, 7) is 1.86.